The van der Waals surface area contributed by atoms with Gasteiger partial charge in [-0.15, -0.1) is 0 Å². The first-order chi connectivity index (χ1) is 9.36. The monoisotopic (exact) mass is 248 g/mol. The third-order valence-corrected chi connectivity index (χ3v) is 3.24. The van der Waals surface area contributed by atoms with Crippen LogP contribution in [0, 0.1) is 0 Å². The average molecular weight is 248 g/mol. The van der Waals surface area contributed by atoms with Crippen molar-refractivity contribution in [3.05, 3.63) is 66.4 Å². The van der Waals surface area contributed by atoms with Gasteiger partial charge in [-0.1, -0.05) is 30.3 Å². The van der Waals surface area contributed by atoms with Gasteiger partial charge in [0.05, 0.1) is 5.52 Å². The van der Waals surface area contributed by atoms with E-state index in [0.29, 0.717) is 0 Å². The fourth-order valence-electron chi connectivity index (χ4n) is 2.32. The van der Waals surface area contributed by atoms with Gasteiger partial charge in [0, 0.05) is 18.1 Å². The molecule has 2 nitrogen and oxygen atoms in total. The van der Waals surface area contributed by atoms with E-state index < -0.39 is 0 Å². The van der Waals surface area contributed by atoms with E-state index in [1.165, 1.54) is 22.1 Å². The maximum Gasteiger partial charge on any atom is 0.0702 e. The van der Waals surface area contributed by atoms with Crippen molar-refractivity contribution in [2.24, 2.45) is 0 Å². The minimum absolute atomic E-state index is 0.892. The van der Waals surface area contributed by atoms with Gasteiger partial charge in [-0.2, -0.15) is 0 Å². The Hall–Kier alpha value is -2.19. The zero-order valence-corrected chi connectivity index (χ0v) is 10.9. The van der Waals surface area contributed by atoms with Crippen LogP contribution in [0.4, 0.5) is 0 Å². The highest BCUT2D eigenvalue weighted by Gasteiger charge is 2.01. The molecular weight excluding hydrogens is 232 g/mol. The van der Waals surface area contributed by atoms with Crippen LogP contribution in [-0.2, 0) is 6.54 Å². The van der Waals surface area contributed by atoms with Crippen molar-refractivity contribution >= 4 is 10.9 Å². The molecule has 0 atom stereocenters. The number of nitrogens with one attached hydrogen (secondary N) is 1. The minimum Gasteiger partial charge on any atom is -0.316 e. The largest absolute Gasteiger partial charge is 0.316 e. The molecule has 0 amide bonds. The van der Waals surface area contributed by atoms with Crippen molar-refractivity contribution in [3.8, 4) is 11.1 Å². The third-order valence-electron chi connectivity index (χ3n) is 3.24. The van der Waals surface area contributed by atoms with E-state index >= 15 is 0 Å². The van der Waals surface area contributed by atoms with Gasteiger partial charge in [-0.05, 0) is 48.0 Å². The molecule has 2 heteroatoms. The van der Waals surface area contributed by atoms with Crippen LogP contribution in [0.1, 0.15) is 5.56 Å². The van der Waals surface area contributed by atoms with Gasteiger partial charge in [0.1, 0.15) is 0 Å². The summed E-state index contributed by atoms with van der Waals surface area (Å²) in [5.74, 6) is 0. The lowest BCUT2D eigenvalue weighted by Gasteiger charge is -2.06. The lowest BCUT2D eigenvalue weighted by molar-refractivity contribution is 0.818. The Morgan fingerprint density at radius 2 is 1.84 bits per heavy atom. The molecule has 3 rings (SSSR count). The second kappa shape index (κ2) is 5.21. The van der Waals surface area contributed by atoms with Gasteiger partial charge in [0.15, 0.2) is 0 Å². The summed E-state index contributed by atoms with van der Waals surface area (Å²) in [6.07, 6.45) is 1.83. The predicted octanol–water partition coefficient (Wildman–Crippen LogP) is 3.62. The van der Waals surface area contributed by atoms with Gasteiger partial charge in [0.2, 0.25) is 0 Å². The van der Waals surface area contributed by atoms with E-state index in [-0.39, 0.29) is 0 Å². The van der Waals surface area contributed by atoms with Crippen LogP contribution in [0.25, 0.3) is 22.0 Å². The van der Waals surface area contributed by atoms with Crippen LogP contribution in [0.3, 0.4) is 0 Å². The van der Waals surface area contributed by atoms with Crippen molar-refractivity contribution in [1.82, 2.24) is 10.3 Å². The maximum atomic E-state index is 4.35. The quantitative estimate of drug-likeness (QED) is 0.765. The molecule has 0 unspecified atom stereocenters. The molecule has 1 N–H and O–H groups in total. The number of pyridine rings is 1. The van der Waals surface area contributed by atoms with Crippen molar-refractivity contribution in [3.63, 3.8) is 0 Å². The SMILES string of the molecule is CNCc1cccc(-c2ccc3ncccc3c2)c1. The van der Waals surface area contributed by atoms with Gasteiger partial charge < -0.3 is 5.32 Å². The van der Waals surface area contributed by atoms with Crippen LogP contribution in [0.15, 0.2) is 60.8 Å². The van der Waals surface area contributed by atoms with Crippen LogP contribution in [-0.4, -0.2) is 12.0 Å². The highest BCUT2D eigenvalue weighted by atomic mass is 14.8. The Bertz CT molecular complexity index is 704. The van der Waals surface area contributed by atoms with E-state index in [0.717, 1.165) is 12.1 Å². The van der Waals surface area contributed by atoms with Crippen LogP contribution >= 0.6 is 0 Å². The molecular formula is C17H16N2. The molecule has 0 spiro atoms. The highest BCUT2D eigenvalue weighted by molar-refractivity contribution is 5.84. The van der Waals surface area contributed by atoms with Crippen molar-refractivity contribution in [2.75, 3.05) is 7.05 Å². The van der Waals surface area contributed by atoms with Gasteiger partial charge in [0.25, 0.3) is 0 Å². The molecule has 19 heavy (non-hydrogen) atoms. The van der Waals surface area contributed by atoms with Gasteiger partial charge in [-0.25, -0.2) is 0 Å². The molecule has 0 radical (unpaired) electrons. The first kappa shape index (κ1) is 11.9. The molecule has 3 aromatic rings. The summed E-state index contributed by atoms with van der Waals surface area (Å²) < 4.78 is 0. The third kappa shape index (κ3) is 2.49. The predicted molar refractivity (Wildman–Crippen MR) is 79.9 cm³/mol. The molecule has 0 bridgehead atoms. The zero-order valence-electron chi connectivity index (χ0n) is 10.9. The molecule has 1 heterocycles. The molecule has 0 aliphatic heterocycles. The summed E-state index contributed by atoms with van der Waals surface area (Å²) in [7, 11) is 1.97. The maximum absolute atomic E-state index is 4.35. The van der Waals surface area contributed by atoms with Crippen molar-refractivity contribution < 1.29 is 0 Å². The van der Waals surface area contributed by atoms with Gasteiger partial charge in [-0.3, -0.25) is 4.98 Å². The topological polar surface area (TPSA) is 24.9 Å². The number of rotatable bonds is 3. The Labute approximate surface area is 113 Å². The smallest absolute Gasteiger partial charge is 0.0702 e. The molecule has 0 saturated carbocycles. The van der Waals surface area contributed by atoms with Crippen molar-refractivity contribution in [1.29, 1.82) is 0 Å². The Morgan fingerprint density at radius 1 is 0.947 bits per heavy atom. The fraction of sp³-hybridized carbons (Fsp3) is 0.118. The summed E-state index contributed by atoms with van der Waals surface area (Å²) in [5.41, 5.74) is 4.82. The summed E-state index contributed by atoms with van der Waals surface area (Å²) in [4.78, 5) is 4.35. The number of nitrogens with zero attached hydrogens (tertiary/aromatic N) is 1. The Kier molecular flexibility index (Phi) is 3.25. The Morgan fingerprint density at radius 3 is 2.74 bits per heavy atom. The molecule has 0 aliphatic carbocycles. The van der Waals surface area contributed by atoms with Crippen LogP contribution in [0.5, 0.6) is 0 Å². The second-order valence-corrected chi connectivity index (χ2v) is 4.64. The standard InChI is InChI=1S/C17H16N2/c1-18-12-13-4-2-5-14(10-13)15-7-8-17-16(11-15)6-3-9-19-17/h2-11,18H,12H2,1H3. The number of aromatic nitrogens is 1. The van der Waals surface area contributed by atoms with E-state index in [2.05, 4.69) is 58.8 Å². The van der Waals surface area contributed by atoms with Crippen LogP contribution in [0.2, 0.25) is 0 Å². The normalized spacial score (nSPS) is 10.8. The fourth-order valence-corrected chi connectivity index (χ4v) is 2.32. The molecule has 2 aromatic carbocycles. The molecule has 0 aliphatic rings. The Balaban J connectivity index is 2.05. The molecule has 1 aromatic heterocycles. The lowest BCUT2D eigenvalue weighted by Crippen LogP contribution is -2.04. The van der Waals surface area contributed by atoms with E-state index in [1.54, 1.807) is 0 Å². The van der Waals surface area contributed by atoms with Gasteiger partial charge >= 0.3 is 0 Å². The molecule has 0 fully saturated rings. The number of fused-ring (bicyclic) bond motifs is 1. The second-order valence-electron chi connectivity index (χ2n) is 4.64. The zero-order chi connectivity index (χ0) is 13.1. The first-order valence-corrected chi connectivity index (χ1v) is 6.45. The number of hydrogen-bond donors (Lipinski definition) is 1. The first-order valence-electron chi connectivity index (χ1n) is 6.45. The molecule has 94 valence electrons. The van der Waals surface area contributed by atoms with E-state index in [9.17, 15) is 0 Å². The number of benzene rings is 2. The van der Waals surface area contributed by atoms with Crippen LogP contribution < -0.4 is 5.32 Å². The summed E-state index contributed by atoms with van der Waals surface area (Å²) in [6.45, 7) is 0.892. The summed E-state index contributed by atoms with van der Waals surface area (Å²) >= 11 is 0. The molecule has 0 saturated heterocycles. The summed E-state index contributed by atoms with van der Waals surface area (Å²) in [6, 6.07) is 19.1. The van der Waals surface area contributed by atoms with Crippen molar-refractivity contribution in [2.45, 2.75) is 6.54 Å². The van der Waals surface area contributed by atoms with E-state index in [1.807, 2.05) is 19.3 Å². The summed E-state index contributed by atoms with van der Waals surface area (Å²) in [5, 5.41) is 4.36. The van der Waals surface area contributed by atoms with E-state index in [4.69, 9.17) is 0 Å². The minimum atomic E-state index is 0.892. The number of hydrogen-bond acceptors (Lipinski definition) is 2. The lowest BCUT2D eigenvalue weighted by atomic mass is 10.0. The highest BCUT2D eigenvalue weighted by Crippen LogP contribution is 2.24. The average Bonchev–Trinajstić information content (AvgIpc) is 2.47.